The summed E-state index contributed by atoms with van der Waals surface area (Å²) in [6.45, 7) is 5.76. The number of rotatable bonds is 5. The monoisotopic (exact) mass is 235 g/mol. The molecule has 1 aromatic rings. The van der Waals surface area contributed by atoms with E-state index in [1.807, 2.05) is 6.07 Å². The van der Waals surface area contributed by atoms with E-state index in [4.69, 9.17) is 4.42 Å². The highest BCUT2D eigenvalue weighted by Gasteiger charge is 2.22. The lowest BCUT2D eigenvalue weighted by Gasteiger charge is -2.31. The maximum Gasteiger partial charge on any atom is 0.105 e. The third kappa shape index (κ3) is 3.88. The van der Waals surface area contributed by atoms with Crippen LogP contribution >= 0.6 is 0 Å². The molecule has 2 rings (SSSR count). The summed E-state index contributed by atoms with van der Waals surface area (Å²) in [5.41, 5.74) is 0. The molecule has 1 aliphatic rings. The first-order valence-corrected chi connectivity index (χ1v) is 7.01. The lowest BCUT2D eigenvalue weighted by atomic mass is 9.80. The van der Waals surface area contributed by atoms with Crippen LogP contribution in [0.25, 0.3) is 0 Å². The van der Waals surface area contributed by atoms with E-state index in [9.17, 15) is 0 Å². The lowest BCUT2D eigenvalue weighted by Crippen LogP contribution is -2.35. The highest BCUT2D eigenvalue weighted by Crippen LogP contribution is 2.29. The number of hydrogen-bond acceptors (Lipinski definition) is 2. The van der Waals surface area contributed by atoms with E-state index >= 15 is 0 Å². The van der Waals surface area contributed by atoms with Gasteiger partial charge in [0.1, 0.15) is 5.76 Å². The van der Waals surface area contributed by atoms with Gasteiger partial charge in [0.25, 0.3) is 0 Å². The molecule has 0 bridgehead atoms. The minimum Gasteiger partial charge on any atom is -0.469 e. The first-order chi connectivity index (χ1) is 8.25. The fourth-order valence-electron chi connectivity index (χ4n) is 2.84. The minimum atomic E-state index is 0.736. The van der Waals surface area contributed by atoms with Crippen LogP contribution in [0.3, 0.4) is 0 Å². The van der Waals surface area contributed by atoms with Gasteiger partial charge in [-0.3, -0.25) is 0 Å². The Morgan fingerprint density at radius 2 is 2.06 bits per heavy atom. The number of hydrogen-bond donors (Lipinski definition) is 1. The molecule has 2 heteroatoms. The van der Waals surface area contributed by atoms with Crippen molar-refractivity contribution in [3.63, 3.8) is 0 Å². The zero-order valence-electron chi connectivity index (χ0n) is 11.1. The SMILES string of the molecule is CC(C)C1CCC(NCCc2ccco2)CC1. The summed E-state index contributed by atoms with van der Waals surface area (Å²) in [5, 5.41) is 3.66. The Morgan fingerprint density at radius 1 is 1.29 bits per heavy atom. The van der Waals surface area contributed by atoms with Crippen molar-refractivity contribution in [2.24, 2.45) is 11.8 Å². The van der Waals surface area contributed by atoms with Crippen LogP contribution < -0.4 is 5.32 Å². The van der Waals surface area contributed by atoms with E-state index in [1.165, 1.54) is 25.7 Å². The Labute approximate surface area is 105 Å². The third-order valence-electron chi connectivity index (χ3n) is 4.10. The molecule has 1 aromatic heterocycles. The maximum atomic E-state index is 5.33. The molecular weight excluding hydrogens is 210 g/mol. The highest BCUT2D eigenvalue weighted by molar-refractivity contribution is 4.98. The van der Waals surface area contributed by atoms with Gasteiger partial charge < -0.3 is 9.73 Å². The van der Waals surface area contributed by atoms with Gasteiger partial charge >= 0.3 is 0 Å². The molecule has 1 N–H and O–H groups in total. The lowest BCUT2D eigenvalue weighted by molar-refractivity contribution is 0.239. The summed E-state index contributed by atoms with van der Waals surface area (Å²) in [6, 6.07) is 4.75. The molecule has 1 heterocycles. The van der Waals surface area contributed by atoms with E-state index in [-0.39, 0.29) is 0 Å². The molecule has 17 heavy (non-hydrogen) atoms. The molecular formula is C15H25NO. The average molecular weight is 235 g/mol. The Hall–Kier alpha value is -0.760. The highest BCUT2D eigenvalue weighted by atomic mass is 16.3. The Balaban J connectivity index is 1.62. The molecule has 0 aromatic carbocycles. The summed E-state index contributed by atoms with van der Waals surface area (Å²) in [6.07, 6.45) is 8.26. The van der Waals surface area contributed by atoms with Gasteiger partial charge in [-0.2, -0.15) is 0 Å². The quantitative estimate of drug-likeness (QED) is 0.843. The van der Waals surface area contributed by atoms with Gasteiger partial charge in [-0.05, 0) is 49.7 Å². The Kier molecular flexibility index (Phi) is 4.66. The minimum absolute atomic E-state index is 0.736. The van der Waals surface area contributed by atoms with Gasteiger partial charge in [-0.25, -0.2) is 0 Å². The van der Waals surface area contributed by atoms with E-state index in [0.29, 0.717) is 0 Å². The van der Waals surface area contributed by atoms with Gasteiger partial charge in [0, 0.05) is 19.0 Å². The van der Waals surface area contributed by atoms with Crippen LogP contribution in [-0.2, 0) is 6.42 Å². The van der Waals surface area contributed by atoms with Crippen molar-refractivity contribution in [1.82, 2.24) is 5.32 Å². The average Bonchev–Trinajstić information content (AvgIpc) is 2.83. The molecule has 96 valence electrons. The Bertz CT molecular complexity index is 297. The molecule has 0 saturated heterocycles. The molecule has 0 aliphatic heterocycles. The van der Waals surface area contributed by atoms with Crippen LogP contribution in [-0.4, -0.2) is 12.6 Å². The van der Waals surface area contributed by atoms with Crippen LogP contribution in [0.2, 0.25) is 0 Å². The summed E-state index contributed by atoms with van der Waals surface area (Å²) >= 11 is 0. The predicted octanol–water partition coefficient (Wildman–Crippen LogP) is 3.63. The molecule has 0 spiro atoms. The van der Waals surface area contributed by atoms with Gasteiger partial charge in [0.15, 0.2) is 0 Å². The number of furan rings is 1. The van der Waals surface area contributed by atoms with E-state index < -0.39 is 0 Å². The zero-order chi connectivity index (χ0) is 12.1. The van der Waals surface area contributed by atoms with Crippen molar-refractivity contribution in [2.45, 2.75) is 52.0 Å². The fourth-order valence-corrected chi connectivity index (χ4v) is 2.84. The summed E-state index contributed by atoms with van der Waals surface area (Å²) < 4.78 is 5.33. The topological polar surface area (TPSA) is 25.2 Å². The fraction of sp³-hybridized carbons (Fsp3) is 0.733. The second-order valence-electron chi connectivity index (χ2n) is 5.64. The normalized spacial score (nSPS) is 25.4. The van der Waals surface area contributed by atoms with Gasteiger partial charge in [0.2, 0.25) is 0 Å². The van der Waals surface area contributed by atoms with Crippen LogP contribution in [0.5, 0.6) is 0 Å². The van der Waals surface area contributed by atoms with Crippen LogP contribution in [0.1, 0.15) is 45.3 Å². The van der Waals surface area contributed by atoms with Crippen molar-refractivity contribution in [3.8, 4) is 0 Å². The van der Waals surface area contributed by atoms with Crippen molar-refractivity contribution in [1.29, 1.82) is 0 Å². The molecule has 1 saturated carbocycles. The van der Waals surface area contributed by atoms with Crippen LogP contribution in [0.15, 0.2) is 22.8 Å². The predicted molar refractivity (Wildman–Crippen MR) is 71.0 cm³/mol. The summed E-state index contributed by atoms with van der Waals surface area (Å²) in [5.74, 6) is 2.91. The zero-order valence-corrected chi connectivity index (χ0v) is 11.1. The maximum absolute atomic E-state index is 5.33. The van der Waals surface area contributed by atoms with Crippen molar-refractivity contribution in [2.75, 3.05) is 6.54 Å². The van der Waals surface area contributed by atoms with E-state index in [1.54, 1.807) is 6.26 Å². The van der Waals surface area contributed by atoms with Crippen molar-refractivity contribution < 1.29 is 4.42 Å². The summed E-state index contributed by atoms with van der Waals surface area (Å²) in [4.78, 5) is 0. The van der Waals surface area contributed by atoms with Crippen LogP contribution in [0.4, 0.5) is 0 Å². The van der Waals surface area contributed by atoms with Gasteiger partial charge in [0.05, 0.1) is 6.26 Å². The molecule has 0 atom stereocenters. The van der Waals surface area contributed by atoms with E-state index in [0.717, 1.165) is 36.6 Å². The molecule has 1 aliphatic carbocycles. The Morgan fingerprint density at radius 3 is 2.65 bits per heavy atom. The smallest absolute Gasteiger partial charge is 0.105 e. The van der Waals surface area contributed by atoms with Crippen molar-refractivity contribution >= 4 is 0 Å². The van der Waals surface area contributed by atoms with Gasteiger partial charge in [-0.15, -0.1) is 0 Å². The second kappa shape index (κ2) is 6.25. The third-order valence-corrected chi connectivity index (χ3v) is 4.10. The largest absolute Gasteiger partial charge is 0.469 e. The standard InChI is InChI=1S/C15H25NO/c1-12(2)13-5-7-14(8-6-13)16-10-9-15-4-3-11-17-15/h3-4,11-14,16H,5-10H2,1-2H3. The molecule has 2 nitrogen and oxygen atoms in total. The molecule has 0 radical (unpaired) electrons. The first-order valence-electron chi connectivity index (χ1n) is 7.01. The first kappa shape index (κ1) is 12.7. The molecule has 0 unspecified atom stereocenters. The number of nitrogens with one attached hydrogen (secondary N) is 1. The summed E-state index contributed by atoms with van der Waals surface area (Å²) in [7, 11) is 0. The van der Waals surface area contributed by atoms with Crippen molar-refractivity contribution in [3.05, 3.63) is 24.2 Å². The van der Waals surface area contributed by atoms with E-state index in [2.05, 4.69) is 25.2 Å². The van der Waals surface area contributed by atoms with Crippen LogP contribution in [0, 0.1) is 11.8 Å². The molecule has 0 amide bonds. The molecule has 1 fully saturated rings. The second-order valence-corrected chi connectivity index (χ2v) is 5.64. The van der Waals surface area contributed by atoms with Gasteiger partial charge in [-0.1, -0.05) is 13.8 Å².